The van der Waals surface area contributed by atoms with Gasteiger partial charge in [-0.2, -0.15) is 0 Å². The Morgan fingerprint density at radius 1 is 0.973 bits per heavy atom. The van der Waals surface area contributed by atoms with Crippen molar-refractivity contribution in [3.05, 3.63) is 93.6 Å². The number of furan rings is 2. The molecule has 1 amide bonds. The third-order valence-corrected chi connectivity index (χ3v) is 7.08. The molecule has 0 spiro atoms. The van der Waals surface area contributed by atoms with E-state index in [4.69, 9.17) is 21.8 Å². The summed E-state index contributed by atoms with van der Waals surface area (Å²) >= 11 is 6.16. The highest BCUT2D eigenvalue weighted by molar-refractivity contribution is 6.33. The SMILES string of the molecule is Cc1cc(N)nc(C)c1CNC(=O)c1ccc2c(c1)c1oc2c2ccc(-c3c(F)cc(F)cc3Cl)cc21. The number of benzene rings is 4. The van der Waals surface area contributed by atoms with E-state index in [1.807, 2.05) is 26.0 Å². The minimum absolute atomic E-state index is 0.0136. The normalized spacial score (nSPS) is 11.7. The number of nitrogens with zero attached hydrogens (tertiary/aromatic N) is 1. The van der Waals surface area contributed by atoms with Crippen LogP contribution in [-0.2, 0) is 6.54 Å². The van der Waals surface area contributed by atoms with E-state index in [2.05, 4.69) is 10.3 Å². The Morgan fingerprint density at radius 3 is 2.41 bits per heavy atom. The van der Waals surface area contributed by atoms with Gasteiger partial charge in [0.05, 0.1) is 5.02 Å². The van der Waals surface area contributed by atoms with Gasteiger partial charge in [-0.1, -0.05) is 17.7 Å². The van der Waals surface area contributed by atoms with Crippen molar-refractivity contribution in [3.63, 3.8) is 0 Å². The molecular formula is C29H20ClF2N3O2. The fourth-order valence-corrected chi connectivity index (χ4v) is 5.32. The fourth-order valence-electron chi connectivity index (χ4n) is 5.01. The van der Waals surface area contributed by atoms with Crippen molar-refractivity contribution >= 4 is 56.0 Å². The molecule has 0 aliphatic rings. The molecule has 0 aliphatic heterocycles. The molecule has 0 atom stereocenters. The number of aryl methyl sites for hydroxylation is 2. The smallest absolute Gasteiger partial charge is 0.251 e. The van der Waals surface area contributed by atoms with Crippen molar-refractivity contribution in [1.29, 1.82) is 0 Å². The second-order valence-electron chi connectivity index (χ2n) is 9.14. The molecule has 2 bridgehead atoms. The number of nitrogen functional groups attached to an aromatic ring is 1. The molecule has 0 saturated heterocycles. The monoisotopic (exact) mass is 515 g/mol. The van der Waals surface area contributed by atoms with E-state index >= 15 is 0 Å². The van der Waals surface area contributed by atoms with Crippen LogP contribution in [0.15, 0.2) is 59.0 Å². The second kappa shape index (κ2) is 8.42. The number of fused-ring (bicyclic) bond motifs is 8. The molecule has 184 valence electrons. The van der Waals surface area contributed by atoms with Crippen LogP contribution < -0.4 is 11.1 Å². The van der Waals surface area contributed by atoms with Crippen LogP contribution in [0.1, 0.15) is 27.2 Å². The van der Waals surface area contributed by atoms with Crippen LogP contribution in [-0.4, -0.2) is 10.9 Å². The van der Waals surface area contributed by atoms with Gasteiger partial charge in [-0.15, -0.1) is 0 Å². The van der Waals surface area contributed by atoms with Gasteiger partial charge in [0, 0.05) is 51.0 Å². The van der Waals surface area contributed by atoms with E-state index in [-0.39, 0.29) is 16.5 Å². The lowest BCUT2D eigenvalue weighted by molar-refractivity contribution is 0.0951. The fraction of sp³-hybridized carbons (Fsp3) is 0.103. The van der Waals surface area contributed by atoms with Crippen LogP contribution in [0.5, 0.6) is 0 Å². The number of anilines is 1. The molecule has 3 aromatic heterocycles. The molecule has 8 heteroatoms. The Bertz CT molecular complexity index is 1830. The van der Waals surface area contributed by atoms with E-state index in [9.17, 15) is 13.6 Å². The van der Waals surface area contributed by atoms with Crippen LogP contribution >= 0.6 is 11.6 Å². The van der Waals surface area contributed by atoms with Crippen LogP contribution in [0.3, 0.4) is 0 Å². The zero-order valence-corrected chi connectivity index (χ0v) is 20.6. The minimum Gasteiger partial charge on any atom is -0.455 e. The highest BCUT2D eigenvalue weighted by atomic mass is 35.5. The van der Waals surface area contributed by atoms with E-state index in [1.54, 1.807) is 30.3 Å². The number of carbonyl (C=O) groups is 1. The number of nitrogens with two attached hydrogens (primary N) is 1. The average Bonchev–Trinajstić information content (AvgIpc) is 3.39. The van der Waals surface area contributed by atoms with Gasteiger partial charge in [0.15, 0.2) is 0 Å². The first-order chi connectivity index (χ1) is 17.7. The Kier molecular flexibility index (Phi) is 5.28. The van der Waals surface area contributed by atoms with Crippen molar-refractivity contribution in [2.45, 2.75) is 20.4 Å². The first-order valence-corrected chi connectivity index (χ1v) is 12.0. The number of hydrogen-bond donors (Lipinski definition) is 2. The van der Waals surface area contributed by atoms with Crippen molar-refractivity contribution in [2.75, 3.05) is 5.73 Å². The number of aromatic nitrogens is 1. The number of amides is 1. The summed E-state index contributed by atoms with van der Waals surface area (Å²) in [5, 5.41) is 6.23. The Balaban J connectivity index is 1.37. The minimum atomic E-state index is -0.743. The van der Waals surface area contributed by atoms with E-state index in [0.717, 1.165) is 50.5 Å². The summed E-state index contributed by atoms with van der Waals surface area (Å²) in [6.07, 6.45) is 0. The third kappa shape index (κ3) is 3.74. The van der Waals surface area contributed by atoms with Gasteiger partial charge < -0.3 is 15.5 Å². The van der Waals surface area contributed by atoms with Gasteiger partial charge in [-0.3, -0.25) is 4.79 Å². The summed E-state index contributed by atoms with van der Waals surface area (Å²) in [6.45, 7) is 4.11. The molecule has 0 aliphatic carbocycles. The molecular weight excluding hydrogens is 496 g/mol. The Labute approximate surface area is 215 Å². The predicted octanol–water partition coefficient (Wildman–Crippen LogP) is 7.30. The van der Waals surface area contributed by atoms with Crippen molar-refractivity contribution in [3.8, 4) is 11.1 Å². The van der Waals surface area contributed by atoms with Gasteiger partial charge in [0.2, 0.25) is 0 Å². The largest absolute Gasteiger partial charge is 0.455 e. The maximum Gasteiger partial charge on any atom is 0.251 e. The molecule has 0 radical (unpaired) electrons. The number of pyridine rings is 1. The van der Waals surface area contributed by atoms with Crippen LogP contribution in [0.4, 0.5) is 14.6 Å². The highest BCUT2D eigenvalue weighted by Crippen LogP contribution is 2.43. The summed E-state index contributed by atoms with van der Waals surface area (Å²) in [5.41, 5.74) is 10.8. The van der Waals surface area contributed by atoms with Crippen molar-refractivity contribution in [2.24, 2.45) is 0 Å². The van der Waals surface area contributed by atoms with Gasteiger partial charge in [0.1, 0.15) is 28.6 Å². The number of rotatable bonds is 4. The molecule has 0 fully saturated rings. The summed E-state index contributed by atoms with van der Waals surface area (Å²) in [5.74, 6) is -1.27. The molecule has 5 nitrogen and oxygen atoms in total. The Hall–Kier alpha value is -4.23. The molecule has 3 N–H and O–H groups in total. The number of halogens is 3. The summed E-state index contributed by atoms with van der Waals surface area (Å²) < 4.78 is 34.2. The molecule has 3 heterocycles. The number of carbonyl (C=O) groups excluding carboxylic acids is 1. The molecule has 3 aromatic carbocycles. The average molecular weight is 516 g/mol. The topological polar surface area (TPSA) is 81.1 Å². The van der Waals surface area contributed by atoms with Gasteiger partial charge in [0.25, 0.3) is 5.91 Å². The van der Waals surface area contributed by atoms with Crippen molar-refractivity contribution < 1.29 is 18.0 Å². The lowest BCUT2D eigenvalue weighted by Gasteiger charge is -2.12. The zero-order chi connectivity index (χ0) is 26.0. The highest BCUT2D eigenvalue weighted by Gasteiger charge is 2.21. The van der Waals surface area contributed by atoms with E-state index in [0.29, 0.717) is 34.7 Å². The maximum absolute atomic E-state index is 14.6. The molecule has 0 unspecified atom stereocenters. The summed E-state index contributed by atoms with van der Waals surface area (Å²) in [4.78, 5) is 17.3. The third-order valence-electron chi connectivity index (χ3n) is 6.78. The Morgan fingerprint density at radius 2 is 1.68 bits per heavy atom. The van der Waals surface area contributed by atoms with Crippen molar-refractivity contribution in [1.82, 2.24) is 10.3 Å². The lowest BCUT2D eigenvalue weighted by Crippen LogP contribution is -2.24. The second-order valence-corrected chi connectivity index (χ2v) is 9.54. The summed E-state index contributed by atoms with van der Waals surface area (Å²) in [6, 6.07) is 14.4. The van der Waals surface area contributed by atoms with Crippen LogP contribution in [0, 0.1) is 25.5 Å². The van der Waals surface area contributed by atoms with Crippen LogP contribution in [0.25, 0.3) is 43.8 Å². The summed E-state index contributed by atoms with van der Waals surface area (Å²) in [7, 11) is 0. The first-order valence-electron chi connectivity index (χ1n) is 11.6. The molecule has 37 heavy (non-hydrogen) atoms. The van der Waals surface area contributed by atoms with Crippen LogP contribution in [0.2, 0.25) is 5.02 Å². The van der Waals surface area contributed by atoms with E-state index < -0.39 is 11.6 Å². The van der Waals surface area contributed by atoms with E-state index in [1.165, 1.54) is 0 Å². The lowest BCUT2D eigenvalue weighted by atomic mass is 9.97. The predicted molar refractivity (Wildman–Crippen MR) is 142 cm³/mol. The van der Waals surface area contributed by atoms with Gasteiger partial charge in [-0.05, 0) is 73.0 Å². The standard InChI is InChI=1S/C29H20ClF2N3O2/c1-13-7-25(33)35-14(2)22(13)12-34-29(36)16-4-6-19-21(9-16)28-20-8-15(3-5-18(20)27(19)37-28)26-23(30)10-17(31)11-24(26)32/h3-11H,12H2,1-2H3,(H2,33,35)(H,34,36). The molecule has 6 aromatic rings. The molecule has 0 saturated carbocycles. The quantitative estimate of drug-likeness (QED) is 0.241. The van der Waals surface area contributed by atoms with Gasteiger partial charge >= 0.3 is 0 Å². The zero-order valence-electron chi connectivity index (χ0n) is 19.9. The van der Waals surface area contributed by atoms with Gasteiger partial charge in [-0.25, -0.2) is 13.8 Å². The maximum atomic E-state index is 14.6. The first kappa shape index (κ1) is 23.2. The number of nitrogens with one attached hydrogen (secondary N) is 1. The molecule has 6 rings (SSSR count). The number of hydrogen-bond acceptors (Lipinski definition) is 4.